The molecule has 0 radical (unpaired) electrons. The molecule has 0 N–H and O–H groups in total. The molecule has 0 aromatic heterocycles. The van der Waals surface area contributed by atoms with Crippen molar-refractivity contribution in [3.63, 3.8) is 0 Å². The first-order chi connectivity index (χ1) is 4.34. The van der Waals surface area contributed by atoms with Gasteiger partial charge in [0, 0.05) is 0 Å². The van der Waals surface area contributed by atoms with Gasteiger partial charge in [0.15, 0.2) is 0 Å². The van der Waals surface area contributed by atoms with Crippen LogP contribution in [0.2, 0.25) is 0 Å². The smallest absolute Gasteiger partial charge is 0.126 e. The molecule has 0 amide bonds. The van der Waals surface area contributed by atoms with Crippen molar-refractivity contribution in [2.75, 3.05) is 0 Å². The van der Waals surface area contributed by atoms with E-state index in [2.05, 4.69) is 6.58 Å². The van der Waals surface area contributed by atoms with Gasteiger partial charge in [-0.25, -0.2) is 4.39 Å². The van der Waals surface area contributed by atoms with Crippen LogP contribution in [0.4, 0.5) is 4.39 Å². The van der Waals surface area contributed by atoms with Gasteiger partial charge in [-0.15, -0.1) is 0 Å². The Bertz CT molecular complexity index is 158. The predicted molar refractivity (Wildman–Crippen MR) is 43.8 cm³/mol. The molecule has 0 aromatic rings. The molecule has 58 valence electrons. The minimum Gasteiger partial charge on any atom is -0.240 e. The lowest BCUT2D eigenvalue weighted by Crippen LogP contribution is -2.13. The molecule has 0 heterocycles. The fourth-order valence-corrected chi connectivity index (χ4v) is 0.541. The van der Waals surface area contributed by atoms with E-state index in [4.69, 9.17) is 0 Å². The lowest BCUT2D eigenvalue weighted by Gasteiger charge is -2.14. The standard InChI is InChI=1S/C9H15F/c1-7(2)6-8(3)9(4,5)10/h6H,1H2,2-5H3/b8-6+. The molecule has 0 rings (SSSR count). The third-order valence-corrected chi connectivity index (χ3v) is 1.40. The Hall–Kier alpha value is -0.590. The average Bonchev–Trinajstić information content (AvgIpc) is 1.60. The van der Waals surface area contributed by atoms with E-state index in [0.717, 1.165) is 11.1 Å². The fourth-order valence-electron chi connectivity index (χ4n) is 0.541. The molecule has 0 saturated heterocycles. The monoisotopic (exact) mass is 142 g/mol. The molecule has 0 spiro atoms. The number of halogens is 1. The summed E-state index contributed by atoms with van der Waals surface area (Å²) in [5.41, 5.74) is 0.405. The summed E-state index contributed by atoms with van der Waals surface area (Å²) in [6.45, 7) is 10.4. The van der Waals surface area contributed by atoms with Gasteiger partial charge < -0.3 is 0 Å². The summed E-state index contributed by atoms with van der Waals surface area (Å²) in [6.07, 6.45) is 1.76. The number of hydrogen-bond acceptors (Lipinski definition) is 0. The highest BCUT2D eigenvalue weighted by Crippen LogP contribution is 2.20. The van der Waals surface area contributed by atoms with E-state index in [9.17, 15) is 4.39 Å². The molecule has 0 saturated carbocycles. The summed E-state index contributed by atoms with van der Waals surface area (Å²) in [7, 11) is 0. The second kappa shape index (κ2) is 3.00. The van der Waals surface area contributed by atoms with E-state index in [0.29, 0.717) is 0 Å². The van der Waals surface area contributed by atoms with E-state index in [-0.39, 0.29) is 0 Å². The quantitative estimate of drug-likeness (QED) is 0.519. The van der Waals surface area contributed by atoms with E-state index >= 15 is 0 Å². The van der Waals surface area contributed by atoms with Crippen LogP contribution in [0.25, 0.3) is 0 Å². The zero-order valence-corrected chi connectivity index (χ0v) is 7.16. The van der Waals surface area contributed by atoms with Crippen molar-refractivity contribution in [3.8, 4) is 0 Å². The van der Waals surface area contributed by atoms with Gasteiger partial charge in [0.05, 0.1) is 0 Å². The summed E-state index contributed by atoms with van der Waals surface area (Å²) in [5, 5.41) is 0. The van der Waals surface area contributed by atoms with Crippen molar-refractivity contribution < 1.29 is 4.39 Å². The Kier molecular flexibility index (Phi) is 2.82. The zero-order valence-electron chi connectivity index (χ0n) is 7.16. The maximum absolute atomic E-state index is 13.0. The Labute approximate surface area is 62.4 Å². The fraction of sp³-hybridized carbons (Fsp3) is 0.556. The summed E-state index contributed by atoms with van der Waals surface area (Å²) in [5.74, 6) is 0. The Morgan fingerprint density at radius 1 is 1.40 bits per heavy atom. The zero-order chi connectivity index (χ0) is 8.36. The average molecular weight is 142 g/mol. The van der Waals surface area contributed by atoms with E-state index in [1.165, 1.54) is 0 Å². The van der Waals surface area contributed by atoms with Crippen LogP contribution < -0.4 is 0 Å². The number of allylic oxidation sites excluding steroid dienone is 3. The van der Waals surface area contributed by atoms with Gasteiger partial charge in [0.2, 0.25) is 0 Å². The Balaban J connectivity index is 4.35. The van der Waals surface area contributed by atoms with Crippen molar-refractivity contribution in [2.24, 2.45) is 0 Å². The number of rotatable bonds is 2. The first-order valence-corrected chi connectivity index (χ1v) is 3.37. The predicted octanol–water partition coefficient (Wildman–Crippen LogP) is 3.26. The van der Waals surface area contributed by atoms with Crippen LogP contribution >= 0.6 is 0 Å². The summed E-state index contributed by atoms with van der Waals surface area (Å²) in [6, 6.07) is 0. The van der Waals surface area contributed by atoms with Crippen molar-refractivity contribution in [1.82, 2.24) is 0 Å². The summed E-state index contributed by atoms with van der Waals surface area (Å²) in [4.78, 5) is 0. The molecule has 10 heavy (non-hydrogen) atoms. The van der Waals surface area contributed by atoms with Gasteiger partial charge in [-0.05, 0) is 33.3 Å². The van der Waals surface area contributed by atoms with Crippen LogP contribution in [0.15, 0.2) is 23.8 Å². The molecule has 0 unspecified atom stereocenters. The minimum absolute atomic E-state index is 0.722. The molecular weight excluding hydrogens is 127 g/mol. The maximum atomic E-state index is 13.0. The number of hydrogen-bond donors (Lipinski definition) is 0. The van der Waals surface area contributed by atoms with Crippen LogP contribution in [0.5, 0.6) is 0 Å². The van der Waals surface area contributed by atoms with Crippen LogP contribution in [0.3, 0.4) is 0 Å². The van der Waals surface area contributed by atoms with Crippen molar-refractivity contribution in [1.29, 1.82) is 0 Å². The van der Waals surface area contributed by atoms with Crippen molar-refractivity contribution in [2.45, 2.75) is 33.4 Å². The first-order valence-electron chi connectivity index (χ1n) is 3.37. The topological polar surface area (TPSA) is 0 Å². The molecule has 0 aliphatic rings. The van der Waals surface area contributed by atoms with Gasteiger partial charge in [-0.1, -0.05) is 18.2 Å². The molecule has 0 aliphatic carbocycles. The molecular formula is C9H15F. The van der Waals surface area contributed by atoms with Gasteiger partial charge in [-0.3, -0.25) is 0 Å². The van der Waals surface area contributed by atoms with Crippen LogP contribution in [-0.4, -0.2) is 5.67 Å². The van der Waals surface area contributed by atoms with Crippen molar-refractivity contribution in [3.05, 3.63) is 23.8 Å². The minimum atomic E-state index is -1.21. The van der Waals surface area contributed by atoms with E-state index in [1.807, 2.05) is 6.92 Å². The largest absolute Gasteiger partial charge is 0.240 e. The number of alkyl halides is 1. The molecule has 0 aliphatic heterocycles. The third-order valence-electron chi connectivity index (χ3n) is 1.40. The molecule has 0 aromatic carbocycles. The molecule has 0 atom stereocenters. The van der Waals surface area contributed by atoms with Crippen LogP contribution in [-0.2, 0) is 0 Å². The summed E-state index contributed by atoms with van der Waals surface area (Å²) < 4.78 is 13.0. The molecule has 0 nitrogen and oxygen atoms in total. The van der Waals surface area contributed by atoms with Crippen LogP contribution in [0, 0.1) is 0 Å². The van der Waals surface area contributed by atoms with Gasteiger partial charge in [-0.2, -0.15) is 0 Å². The lowest BCUT2D eigenvalue weighted by atomic mass is 10.0. The normalized spacial score (nSPS) is 13.5. The highest BCUT2D eigenvalue weighted by Gasteiger charge is 2.16. The molecule has 0 bridgehead atoms. The van der Waals surface area contributed by atoms with Gasteiger partial charge >= 0.3 is 0 Å². The van der Waals surface area contributed by atoms with Crippen LogP contribution in [0.1, 0.15) is 27.7 Å². The first kappa shape index (κ1) is 9.41. The van der Waals surface area contributed by atoms with E-state index in [1.54, 1.807) is 26.8 Å². The second-order valence-electron chi connectivity index (χ2n) is 3.15. The third kappa shape index (κ3) is 3.44. The van der Waals surface area contributed by atoms with Gasteiger partial charge in [0.25, 0.3) is 0 Å². The molecule has 0 fully saturated rings. The Morgan fingerprint density at radius 2 is 1.80 bits per heavy atom. The van der Waals surface area contributed by atoms with Gasteiger partial charge in [0.1, 0.15) is 5.67 Å². The molecule has 1 heteroatoms. The lowest BCUT2D eigenvalue weighted by molar-refractivity contribution is 0.268. The highest BCUT2D eigenvalue weighted by molar-refractivity contribution is 5.22. The summed E-state index contributed by atoms with van der Waals surface area (Å²) >= 11 is 0. The van der Waals surface area contributed by atoms with Crippen molar-refractivity contribution >= 4 is 0 Å². The highest BCUT2D eigenvalue weighted by atomic mass is 19.1. The SMILES string of the molecule is C=C(C)/C=C(\C)C(C)(C)F. The maximum Gasteiger partial charge on any atom is 0.126 e. The Morgan fingerprint density at radius 3 is 1.90 bits per heavy atom. The second-order valence-corrected chi connectivity index (χ2v) is 3.15. The van der Waals surface area contributed by atoms with E-state index < -0.39 is 5.67 Å².